The van der Waals surface area contributed by atoms with Crippen molar-refractivity contribution in [3.05, 3.63) is 69.8 Å². The average molecular weight is 471 g/mol. The molecule has 33 heavy (non-hydrogen) atoms. The summed E-state index contributed by atoms with van der Waals surface area (Å²) < 4.78 is 45.6. The maximum Gasteiger partial charge on any atom is 0.264 e. The van der Waals surface area contributed by atoms with Gasteiger partial charge in [0, 0.05) is 0 Å². The van der Waals surface area contributed by atoms with Crippen LogP contribution in [0.15, 0.2) is 36.4 Å². The van der Waals surface area contributed by atoms with Gasteiger partial charge in [0.25, 0.3) is 10.1 Å². The molecule has 2 aromatic rings. The van der Waals surface area contributed by atoms with Crippen LogP contribution in [0.3, 0.4) is 0 Å². The average Bonchev–Trinajstić information content (AvgIpc) is 2.75. The highest BCUT2D eigenvalue weighted by molar-refractivity contribution is 7.85. The second kappa shape index (κ2) is 9.71. The second-order valence-corrected chi connectivity index (χ2v) is 10.1. The van der Waals surface area contributed by atoms with Gasteiger partial charge in [0.15, 0.2) is 0 Å². The van der Waals surface area contributed by atoms with Crippen LogP contribution in [0.25, 0.3) is 12.2 Å². The summed E-state index contributed by atoms with van der Waals surface area (Å²) in [6.07, 6.45) is 10.7. The normalized spacial score (nSPS) is 19.3. The molecule has 4 rings (SSSR count). The van der Waals surface area contributed by atoms with Crippen LogP contribution in [0.1, 0.15) is 72.1 Å². The summed E-state index contributed by atoms with van der Waals surface area (Å²) in [5.74, 6) is 1.59. The van der Waals surface area contributed by atoms with E-state index in [2.05, 4.69) is 31.2 Å². The van der Waals surface area contributed by atoms with Crippen LogP contribution in [0, 0.1) is 13.8 Å². The minimum Gasteiger partial charge on any atom is -0.459 e. The van der Waals surface area contributed by atoms with Crippen LogP contribution in [0.4, 0.5) is 0 Å². The number of benzene rings is 2. The number of hydrogen-bond donors (Lipinski definition) is 0. The first kappa shape index (κ1) is 23.5. The Balaban J connectivity index is 1.56. The highest BCUT2D eigenvalue weighted by Gasteiger charge is 2.39. The zero-order valence-electron chi connectivity index (χ0n) is 19.5. The molecule has 0 fully saturated rings. The van der Waals surface area contributed by atoms with E-state index in [1.165, 1.54) is 0 Å². The number of fused-ring (bicyclic) bond motifs is 6. The number of allylic oxidation sites excluding steroid dienone is 1. The zero-order valence-corrected chi connectivity index (χ0v) is 20.3. The first-order valence-electron chi connectivity index (χ1n) is 11.2. The zero-order chi connectivity index (χ0) is 23.6. The Bertz CT molecular complexity index is 1200. The predicted octanol–water partition coefficient (Wildman–Crippen LogP) is 6.00. The van der Waals surface area contributed by atoms with E-state index in [4.69, 9.17) is 18.4 Å². The maximum atomic E-state index is 11.1. The standard InChI is InChI=1S/C26H30O6S/c1-5-6-7-10-19-13-17(2)23-21(15-19)25-31-24-18(3)14-20(16-22(24)26(30-23)32-25)11-8-9-12-29-33(4,27)28/h7-8,10-11,13-16,25-26H,5-6,9,12H2,1-4H3/b10-7+,11-8+. The molecule has 0 aromatic heterocycles. The third-order valence-corrected chi connectivity index (χ3v) is 6.11. The first-order valence-corrected chi connectivity index (χ1v) is 13.0. The summed E-state index contributed by atoms with van der Waals surface area (Å²) >= 11 is 0. The number of hydrogen-bond acceptors (Lipinski definition) is 6. The molecule has 0 spiro atoms. The van der Waals surface area contributed by atoms with Crippen LogP contribution >= 0.6 is 0 Å². The lowest BCUT2D eigenvalue weighted by atomic mass is 9.99. The lowest BCUT2D eigenvalue weighted by Gasteiger charge is -2.39. The van der Waals surface area contributed by atoms with Gasteiger partial charge in [-0.3, -0.25) is 8.92 Å². The van der Waals surface area contributed by atoms with Crippen molar-refractivity contribution in [1.82, 2.24) is 0 Å². The lowest BCUT2D eigenvalue weighted by molar-refractivity contribution is -0.228. The molecule has 6 nitrogen and oxygen atoms in total. The highest BCUT2D eigenvalue weighted by Crippen LogP contribution is 2.50. The Labute approximate surface area is 195 Å². The van der Waals surface area contributed by atoms with E-state index in [0.29, 0.717) is 6.42 Å². The molecule has 2 atom stereocenters. The largest absolute Gasteiger partial charge is 0.459 e. The summed E-state index contributed by atoms with van der Waals surface area (Å²) in [5.41, 5.74) is 5.85. The van der Waals surface area contributed by atoms with E-state index in [1.807, 2.05) is 38.1 Å². The van der Waals surface area contributed by atoms with Crippen LogP contribution in [-0.4, -0.2) is 21.3 Å². The monoisotopic (exact) mass is 470 g/mol. The fourth-order valence-electron chi connectivity index (χ4n) is 4.05. The molecule has 2 aliphatic rings. The van der Waals surface area contributed by atoms with Crippen LogP contribution in [0.5, 0.6) is 11.5 Å². The molecule has 2 aliphatic heterocycles. The number of unbranched alkanes of at least 4 members (excludes halogenated alkanes) is 1. The Morgan fingerprint density at radius 2 is 1.39 bits per heavy atom. The van der Waals surface area contributed by atoms with E-state index in [1.54, 1.807) is 0 Å². The predicted molar refractivity (Wildman–Crippen MR) is 129 cm³/mol. The van der Waals surface area contributed by atoms with Gasteiger partial charge in [0.05, 0.1) is 24.0 Å². The van der Waals surface area contributed by atoms with Crippen molar-refractivity contribution in [2.45, 2.75) is 52.6 Å². The van der Waals surface area contributed by atoms with Crippen LogP contribution in [-0.2, 0) is 19.0 Å². The van der Waals surface area contributed by atoms with E-state index < -0.39 is 22.7 Å². The van der Waals surface area contributed by atoms with Crippen molar-refractivity contribution in [3.63, 3.8) is 0 Å². The van der Waals surface area contributed by atoms with Crippen LogP contribution < -0.4 is 9.47 Å². The molecule has 0 radical (unpaired) electrons. The van der Waals surface area contributed by atoms with E-state index in [-0.39, 0.29) is 6.61 Å². The van der Waals surface area contributed by atoms with Crippen molar-refractivity contribution < 1.29 is 26.8 Å². The smallest absolute Gasteiger partial charge is 0.264 e. The summed E-state index contributed by atoms with van der Waals surface area (Å²) in [5, 5.41) is 0. The molecule has 176 valence electrons. The van der Waals surface area contributed by atoms with Crippen molar-refractivity contribution in [3.8, 4) is 11.5 Å². The van der Waals surface area contributed by atoms with Crippen molar-refractivity contribution in [2.75, 3.05) is 12.9 Å². The van der Waals surface area contributed by atoms with Crippen molar-refractivity contribution in [2.24, 2.45) is 0 Å². The van der Waals surface area contributed by atoms with Crippen molar-refractivity contribution >= 4 is 22.3 Å². The molecular weight excluding hydrogens is 440 g/mol. The fourth-order valence-corrected chi connectivity index (χ4v) is 4.45. The third kappa shape index (κ3) is 5.49. The van der Waals surface area contributed by atoms with Gasteiger partial charge >= 0.3 is 0 Å². The Kier molecular flexibility index (Phi) is 6.93. The van der Waals surface area contributed by atoms with E-state index >= 15 is 0 Å². The maximum absolute atomic E-state index is 11.1. The number of rotatable bonds is 8. The summed E-state index contributed by atoms with van der Waals surface area (Å²) in [6.45, 7) is 6.32. The second-order valence-electron chi connectivity index (χ2n) is 8.46. The van der Waals surface area contributed by atoms with Gasteiger partial charge in [0.2, 0.25) is 12.6 Å². The van der Waals surface area contributed by atoms with Gasteiger partial charge < -0.3 is 9.47 Å². The van der Waals surface area contributed by atoms with Gasteiger partial charge in [-0.05, 0) is 73.2 Å². The summed E-state index contributed by atoms with van der Waals surface area (Å²) in [7, 11) is -3.42. The first-order chi connectivity index (χ1) is 15.7. The van der Waals surface area contributed by atoms with Crippen molar-refractivity contribution in [1.29, 1.82) is 0 Å². The number of aryl methyl sites for hydroxylation is 2. The molecule has 2 unspecified atom stereocenters. The van der Waals surface area contributed by atoms with E-state index in [0.717, 1.165) is 64.0 Å². The van der Waals surface area contributed by atoms with Gasteiger partial charge in [-0.2, -0.15) is 8.42 Å². The highest BCUT2D eigenvalue weighted by atomic mass is 32.2. The van der Waals surface area contributed by atoms with Gasteiger partial charge in [-0.15, -0.1) is 0 Å². The summed E-state index contributed by atoms with van der Waals surface area (Å²) in [6, 6.07) is 8.21. The minimum atomic E-state index is -3.42. The molecule has 2 bridgehead atoms. The molecule has 2 heterocycles. The van der Waals surface area contributed by atoms with E-state index in [9.17, 15) is 8.42 Å². The van der Waals surface area contributed by atoms with Crippen LogP contribution in [0.2, 0.25) is 0 Å². The Morgan fingerprint density at radius 3 is 1.88 bits per heavy atom. The summed E-state index contributed by atoms with van der Waals surface area (Å²) in [4.78, 5) is 0. The SMILES string of the molecule is CCC/C=C/c1cc(C)c2c(c1)C1Oc3c(C)cc(/C=C/CCOS(C)(=O)=O)cc3C(O2)O1. The lowest BCUT2D eigenvalue weighted by Crippen LogP contribution is -2.31. The molecule has 0 amide bonds. The topological polar surface area (TPSA) is 71.1 Å². The molecular formula is C26H30O6S. The molecule has 2 aromatic carbocycles. The molecule has 7 heteroatoms. The fraction of sp³-hybridized carbons (Fsp3) is 0.385. The molecule has 0 saturated heterocycles. The third-order valence-electron chi connectivity index (χ3n) is 5.51. The Morgan fingerprint density at radius 1 is 0.879 bits per heavy atom. The Hall–Kier alpha value is -2.61. The molecule has 0 N–H and O–H groups in total. The number of ether oxygens (including phenoxy) is 3. The minimum absolute atomic E-state index is 0.116. The molecule has 0 saturated carbocycles. The van der Waals surface area contributed by atoms with Gasteiger partial charge in [0.1, 0.15) is 11.5 Å². The quantitative estimate of drug-likeness (QED) is 0.348. The molecule has 0 aliphatic carbocycles. The van der Waals surface area contributed by atoms with Gasteiger partial charge in [-0.25, -0.2) is 0 Å². The van der Waals surface area contributed by atoms with Gasteiger partial charge in [-0.1, -0.05) is 37.6 Å².